The third-order valence-corrected chi connectivity index (χ3v) is 6.46. The molecule has 3 aliphatic heterocycles. The predicted molar refractivity (Wildman–Crippen MR) is 100 cm³/mol. The Kier molecular flexibility index (Phi) is 3.19. The van der Waals surface area contributed by atoms with Gasteiger partial charge in [0.25, 0.3) is 0 Å². The first-order chi connectivity index (χ1) is 13.6. The van der Waals surface area contributed by atoms with Gasteiger partial charge in [-0.05, 0) is 38.3 Å². The van der Waals surface area contributed by atoms with Gasteiger partial charge in [0.2, 0.25) is 0 Å². The Morgan fingerprint density at radius 3 is 3.07 bits per heavy atom. The lowest BCUT2D eigenvalue weighted by atomic mass is 9.98. The zero-order chi connectivity index (χ0) is 19.0. The molecular formula is C20H20FN7. The van der Waals surface area contributed by atoms with Crippen molar-refractivity contribution in [2.75, 3.05) is 11.4 Å². The largest absolute Gasteiger partial charge is 0.362 e. The number of hydrogen-bond donors (Lipinski definition) is 1. The topological polar surface area (TPSA) is 74.2 Å². The van der Waals surface area contributed by atoms with Crippen molar-refractivity contribution < 1.29 is 4.39 Å². The molecule has 0 aromatic carbocycles. The van der Waals surface area contributed by atoms with E-state index in [2.05, 4.69) is 33.0 Å². The zero-order valence-corrected chi connectivity index (χ0v) is 15.6. The second-order valence-electron chi connectivity index (χ2n) is 8.15. The highest BCUT2D eigenvalue weighted by Gasteiger charge is 2.39. The molecule has 142 valence electrons. The molecule has 7 nitrogen and oxygen atoms in total. The Hall–Kier alpha value is -2.92. The van der Waals surface area contributed by atoms with Crippen molar-refractivity contribution in [3.8, 4) is 6.07 Å². The molecule has 3 aliphatic rings. The number of pyridine rings is 1. The van der Waals surface area contributed by atoms with Crippen molar-refractivity contribution in [1.29, 1.82) is 5.26 Å². The third-order valence-electron chi connectivity index (χ3n) is 6.46. The summed E-state index contributed by atoms with van der Waals surface area (Å²) in [6.45, 7) is 3.59. The van der Waals surface area contributed by atoms with Crippen LogP contribution >= 0.6 is 0 Å². The summed E-state index contributed by atoms with van der Waals surface area (Å²) in [6, 6.07) is 6.75. The fraction of sp³-hybridized carbons (Fsp3) is 0.450. The first-order valence-corrected chi connectivity index (χ1v) is 9.81. The Morgan fingerprint density at radius 1 is 1.32 bits per heavy atom. The van der Waals surface area contributed by atoms with Crippen molar-refractivity contribution in [2.45, 2.75) is 50.9 Å². The molecule has 8 heteroatoms. The van der Waals surface area contributed by atoms with E-state index in [0.29, 0.717) is 29.8 Å². The highest BCUT2D eigenvalue weighted by atomic mass is 19.1. The van der Waals surface area contributed by atoms with Gasteiger partial charge in [-0.2, -0.15) is 15.5 Å². The first-order valence-electron chi connectivity index (χ1n) is 9.81. The van der Waals surface area contributed by atoms with E-state index in [1.165, 1.54) is 34.1 Å². The molecule has 1 fully saturated rings. The van der Waals surface area contributed by atoms with Crippen LogP contribution in [0.5, 0.6) is 0 Å². The van der Waals surface area contributed by atoms with Crippen LogP contribution in [0.25, 0.3) is 5.52 Å². The van der Waals surface area contributed by atoms with Gasteiger partial charge in [0, 0.05) is 18.2 Å². The monoisotopic (exact) mass is 377 g/mol. The van der Waals surface area contributed by atoms with Crippen LogP contribution in [0, 0.1) is 17.1 Å². The van der Waals surface area contributed by atoms with E-state index in [1.54, 1.807) is 6.07 Å². The van der Waals surface area contributed by atoms with Gasteiger partial charge in [0.15, 0.2) is 5.82 Å². The lowest BCUT2D eigenvalue weighted by Gasteiger charge is -2.35. The van der Waals surface area contributed by atoms with E-state index in [1.807, 2.05) is 6.07 Å². The van der Waals surface area contributed by atoms with E-state index in [0.717, 1.165) is 25.1 Å². The second kappa shape index (κ2) is 5.55. The number of anilines is 1. The molecule has 0 amide bonds. The molecule has 2 bridgehead atoms. The third kappa shape index (κ3) is 2.05. The molecule has 0 saturated carbocycles. The highest BCUT2D eigenvalue weighted by molar-refractivity contribution is 5.75. The number of nitrogens with zero attached hydrogens (tertiary/aromatic N) is 6. The molecule has 0 aliphatic carbocycles. The average molecular weight is 377 g/mol. The average Bonchev–Trinajstić information content (AvgIpc) is 3.39. The van der Waals surface area contributed by atoms with Crippen LogP contribution < -0.4 is 10.2 Å². The Labute approximate surface area is 161 Å². The van der Waals surface area contributed by atoms with Gasteiger partial charge in [0.05, 0.1) is 41.9 Å². The van der Waals surface area contributed by atoms with E-state index < -0.39 is 5.82 Å². The van der Waals surface area contributed by atoms with Gasteiger partial charge in [-0.3, -0.25) is 4.68 Å². The minimum absolute atomic E-state index is 0.189. The second-order valence-corrected chi connectivity index (χ2v) is 8.15. The summed E-state index contributed by atoms with van der Waals surface area (Å²) >= 11 is 0. The standard InChI is InChI=1S/C20H20FN7/c1-11-9-26(17-5-3-13(7-22)28-20(17)15(21)8-23-28)10-18-14-6-12-2-4-16(24-12)19(14)25-27(11)18/h3,5,8,11-12,16,24H,2,4,6,9-10H2,1H3/t11-,12?,16?/m1/s1. The Balaban J connectivity index is 1.47. The maximum absolute atomic E-state index is 14.5. The van der Waals surface area contributed by atoms with E-state index in [9.17, 15) is 9.65 Å². The normalized spacial score (nSPS) is 25.6. The predicted octanol–water partition coefficient (Wildman–Crippen LogP) is 2.47. The number of hydrogen-bond acceptors (Lipinski definition) is 5. The number of aromatic nitrogens is 4. The summed E-state index contributed by atoms with van der Waals surface area (Å²) in [7, 11) is 0. The summed E-state index contributed by atoms with van der Waals surface area (Å²) in [4.78, 5) is 2.20. The van der Waals surface area contributed by atoms with Crippen molar-refractivity contribution in [1.82, 2.24) is 24.7 Å². The summed E-state index contributed by atoms with van der Waals surface area (Å²) in [5.74, 6) is -0.400. The summed E-state index contributed by atoms with van der Waals surface area (Å²) in [6.07, 6.45) is 4.56. The van der Waals surface area contributed by atoms with Crippen LogP contribution in [0.3, 0.4) is 0 Å². The molecule has 6 heterocycles. The Morgan fingerprint density at radius 2 is 2.21 bits per heavy atom. The summed E-state index contributed by atoms with van der Waals surface area (Å²) < 4.78 is 18.1. The smallest absolute Gasteiger partial charge is 0.171 e. The van der Waals surface area contributed by atoms with Crippen LogP contribution in [-0.2, 0) is 13.0 Å². The van der Waals surface area contributed by atoms with Crippen LogP contribution in [0.15, 0.2) is 18.3 Å². The van der Waals surface area contributed by atoms with Crippen LogP contribution in [-0.4, -0.2) is 32.0 Å². The molecule has 0 spiro atoms. The molecule has 6 rings (SSSR count). The SMILES string of the molecule is C[C@@H]1CN(c2ccc(C#N)n3ncc(F)c23)Cc2c3c(nn21)C1CCC(C3)N1. The number of rotatable bonds is 1. The number of fused-ring (bicyclic) bond motifs is 7. The van der Waals surface area contributed by atoms with Gasteiger partial charge >= 0.3 is 0 Å². The van der Waals surface area contributed by atoms with E-state index in [4.69, 9.17) is 5.10 Å². The molecule has 0 radical (unpaired) electrons. The van der Waals surface area contributed by atoms with Gasteiger partial charge in [-0.1, -0.05) is 0 Å². The number of nitriles is 1. The molecule has 2 unspecified atom stereocenters. The van der Waals surface area contributed by atoms with Gasteiger partial charge in [-0.25, -0.2) is 8.91 Å². The maximum Gasteiger partial charge on any atom is 0.171 e. The minimum Gasteiger partial charge on any atom is -0.362 e. The van der Waals surface area contributed by atoms with Crippen LogP contribution in [0.4, 0.5) is 10.1 Å². The van der Waals surface area contributed by atoms with Crippen molar-refractivity contribution >= 4 is 11.2 Å². The van der Waals surface area contributed by atoms with E-state index in [-0.39, 0.29) is 6.04 Å². The highest BCUT2D eigenvalue weighted by Crippen LogP contribution is 2.40. The Bertz CT molecular complexity index is 1150. The molecule has 3 atom stereocenters. The zero-order valence-electron chi connectivity index (χ0n) is 15.6. The quantitative estimate of drug-likeness (QED) is 0.705. The van der Waals surface area contributed by atoms with Crippen molar-refractivity contribution in [3.05, 3.63) is 46.8 Å². The lowest BCUT2D eigenvalue weighted by Crippen LogP contribution is -2.37. The van der Waals surface area contributed by atoms with Crippen LogP contribution in [0.1, 0.15) is 54.5 Å². The molecule has 28 heavy (non-hydrogen) atoms. The summed E-state index contributed by atoms with van der Waals surface area (Å²) in [5.41, 5.74) is 5.31. The van der Waals surface area contributed by atoms with Crippen molar-refractivity contribution in [2.24, 2.45) is 0 Å². The first kappa shape index (κ1) is 16.1. The fourth-order valence-electron chi connectivity index (χ4n) is 5.21. The number of nitrogens with one attached hydrogen (secondary N) is 1. The van der Waals surface area contributed by atoms with Gasteiger partial charge < -0.3 is 10.2 Å². The van der Waals surface area contributed by atoms with E-state index >= 15 is 0 Å². The van der Waals surface area contributed by atoms with Crippen LogP contribution in [0.2, 0.25) is 0 Å². The molecule has 3 aromatic rings. The molecule has 3 aromatic heterocycles. The number of halogens is 1. The molecule has 1 saturated heterocycles. The minimum atomic E-state index is -0.400. The lowest BCUT2D eigenvalue weighted by molar-refractivity contribution is 0.420. The maximum atomic E-state index is 14.5. The van der Waals surface area contributed by atoms with Gasteiger partial charge in [0.1, 0.15) is 17.3 Å². The van der Waals surface area contributed by atoms with Crippen molar-refractivity contribution in [3.63, 3.8) is 0 Å². The molecule has 1 N–H and O–H groups in total. The molecular weight excluding hydrogens is 357 g/mol. The fourth-order valence-corrected chi connectivity index (χ4v) is 5.21. The summed E-state index contributed by atoms with van der Waals surface area (Å²) in [5, 5.41) is 22.0. The van der Waals surface area contributed by atoms with Gasteiger partial charge in [-0.15, -0.1) is 0 Å².